The Hall–Kier alpha value is -2.41. The first-order valence-electron chi connectivity index (χ1n) is 8.89. The maximum absolute atomic E-state index is 13.3. The Labute approximate surface area is 150 Å². The average molecular weight is 359 g/mol. The molecule has 1 unspecified atom stereocenters. The first-order valence-corrected chi connectivity index (χ1v) is 8.89. The summed E-state index contributed by atoms with van der Waals surface area (Å²) in [7, 11) is 0. The van der Waals surface area contributed by atoms with Gasteiger partial charge < -0.3 is 20.3 Å². The molecule has 1 saturated carbocycles. The second-order valence-corrected chi connectivity index (χ2v) is 7.53. The van der Waals surface area contributed by atoms with Crippen molar-refractivity contribution in [1.82, 2.24) is 15.2 Å². The Morgan fingerprint density at radius 3 is 2.81 bits per heavy atom. The zero-order valence-corrected chi connectivity index (χ0v) is 14.6. The standard InChI is InChI=1S/C19H22FN3O3/c1-11(24)22-17(18(25)23-9-19(26,10-23)13-2-3-13)6-12-8-21-16-7-14(20)4-5-15(12)16/h4-5,7-8,13,17,21,26H,2-3,6,9-10H2,1H3,(H,22,24). The van der Waals surface area contributed by atoms with Gasteiger partial charge in [0.2, 0.25) is 11.8 Å². The van der Waals surface area contributed by atoms with Gasteiger partial charge >= 0.3 is 0 Å². The van der Waals surface area contributed by atoms with Crippen LogP contribution < -0.4 is 5.32 Å². The average Bonchev–Trinajstić information content (AvgIpc) is 3.33. The summed E-state index contributed by atoms with van der Waals surface area (Å²) in [5.74, 6) is -0.510. The van der Waals surface area contributed by atoms with Gasteiger partial charge in [-0.1, -0.05) is 0 Å². The highest BCUT2D eigenvalue weighted by Crippen LogP contribution is 2.44. The lowest BCUT2D eigenvalue weighted by Gasteiger charge is -2.48. The summed E-state index contributed by atoms with van der Waals surface area (Å²) in [6, 6.07) is 3.74. The van der Waals surface area contributed by atoms with Gasteiger partial charge in [0.1, 0.15) is 17.5 Å². The van der Waals surface area contributed by atoms with E-state index in [-0.39, 0.29) is 17.6 Å². The Bertz CT molecular complexity index is 868. The molecule has 4 rings (SSSR count). The molecule has 3 N–H and O–H groups in total. The van der Waals surface area contributed by atoms with E-state index >= 15 is 0 Å². The molecule has 0 spiro atoms. The lowest BCUT2D eigenvalue weighted by atomic mass is 9.87. The molecule has 1 aromatic carbocycles. The minimum atomic E-state index is -0.755. The first kappa shape index (κ1) is 17.0. The highest BCUT2D eigenvalue weighted by atomic mass is 19.1. The SMILES string of the molecule is CC(=O)NC(Cc1c[nH]c2cc(F)ccc12)C(=O)N1CC(O)(C2CC2)C1. The normalized spacial score (nSPS) is 19.9. The fraction of sp³-hybridized carbons (Fsp3) is 0.474. The van der Waals surface area contributed by atoms with Crippen molar-refractivity contribution < 1.29 is 19.1 Å². The van der Waals surface area contributed by atoms with Crippen molar-refractivity contribution >= 4 is 22.7 Å². The Balaban J connectivity index is 1.51. The molecule has 138 valence electrons. The highest BCUT2D eigenvalue weighted by molar-refractivity contribution is 5.89. The van der Waals surface area contributed by atoms with Gasteiger partial charge in [0.05, 0.1) is 13.1 Å². The molecule has 2 aromatic rings. The van der Waals surface area contributed by atoms with Crippen LogP contribution in [0.4, 0.5) is 4.39 Å². The number of benzene rings is 1. The summed E-state index contributed by atoms with van der Waals surface area (Å²) < 4.78 is 13.3. The number of nitrogens with one attached hydrogen (secondary N) is 2. The van der Waals surface area contributed by atoms with Crippen molar-refractivity contribution in [3.8, 4) is 0 Å². The van der Waals surface area contributed by atoms with E-state index in [0.29, 0.717) is 30.9 Å². The van der Waals surface area contributed by atoms with Gasteiger partial charge in [-0.2, -0.15) is 0 Å². The molecule has 1 aliphatic heterocycles. The van der Waals surface area contributed by atoms with E-state index in [1.165, 1.54) is 19.1 Å². The predicted molar refractivity (Wildman–Crippen MR) is 93.8 cm³/mol. The van der Waals surface area contributed by atoms with Gasteiger partial charge in [-0.3, -0.25) is 9.59 Å². The number of carbonyl (C=O) groups excluding carboxylic acids is 2. The summed E-state index contributed by atoms with van der Waals surface area (Å²) in [6.45, 7) is 2.03. The van der Waals surface area contributed by atoms with Crippen LogP contribution in [0.5, 0.6) is 0 Å². The number of hydrogen-bond acceptors (Lipinski definition) is 3. The second kappa shape index (κ2) is 6.09. The number of β-amino-alcohol motifs (C(OH)–C–C–N with tert-alkyl or cyclic N) is 1. The Morgan fingerprint density at radius 2 is 2.15 bits per heavy atom. The molecule has 7 heteroatoms. The van der Waals surface area contributed by atoms with E-state index in [9.17, 15) is 19.1 Å². The zero-order valence-electron chi connectivity index (χ0n) is 14.6. The van der Waals surface area contributed by atoms with E-state index in [0.717, 1.165) is 23.8 Å². The first-order chi connectivity index (χ1) is 12.4. The molecule has 2 heterocycles. The highest BCUT2D eigenvalue weighted by Gasteiger charge is 2.53. The van der Waals surface area contributed by atoms with Crippen LogP contribution in [0.3, 0.4) is 0 Å². The van der Waals surface area contributed by atoms with Crippen LogP contribution in [-0.4, -0.2) is 51.5 Å². The third-order valence-corrected chi connectivity index (χ3v) is 5.41. The monoisotopic (exact) mass is 359 g/mol. The molecule has 0 bridgehead atoms. The van der Waals surface area contributed by atoms with Gasteiger partial charge in [0.15, 0.2) is 0 Å². The summed E-state index contributed by atoms with van der Waals surface area (Å²) in [6.07, 6.45) is 4.07. The molecule has 1 saturated heterocycles. The number of H-pyrrole nitrogens is 1. The van der Waals surface area contributed by atoms with Crippen LogP contribution in [0, 0.1) is 11.7 Å². The van der Waals surface area contributed by atoms with Crippen LogP contribution in [0.2, 0.25) is 0 Å². The quantitative estimate of drug-likeness (QED) is 0.753. The molecule has 0 radical (unpaired) electrons. The van der Waals surface area contributed by atoms with Gasteiger partial charge in [-0.05, 0) is 42.5 Å². The van der Waals surface area contributed by atoms with Crippen molar-refractivity contribution in [2.45, 2.75) is 37.8 Å². The summed E-state index contributed by atoms with van der Waals surface area (Å²) in [5, 5.41) is 14.0. The minimum absolute atomic E-state index is 0.193. The number of halogens is 1. The lowest BCUT2D eigenvalue weighted by molar-refractivity contribution is -0.162. The zero-order chi connectivity index (χ0) is 18.5. The largest absolute Gasteiger partial charge is 0.386 e. The lowest BCUT2D eigenvalue weighted by Crippen LogP contribution is -2.67. The topological polar surface area (TPSA) is 85.4 Å². The number of aliphatic hydroxyl groups is 1. The molecular formula is C19H22FN3O3. The van der Waals surface area contributed by atoms with Crippen LogP contribution in [0.15, 0.2) is 24.4 Å². The van der Waals surface area contributed by atoms with Crippen LogP contribution in [0.1, 0.15) is 25.3 Å². The summed E-state index contributed by atoms with van der Waals surface area (Å²) in [5.41, 5.74) is 0.737. The van der Waals surface area contributed by atoms with Gasteiger partial charge in [-0.15, -0.1) is 0 Å². The molecule has 26 heavy (non-hydrogen) atoms. The molecule has 2 amide bonds. The van der Waals surface area contributed by atoms with Crippen LogP contribution in [-0.2, 0) is 16.0 Å². The maximum atomic E-state index is 13.3. The molecule has 1 aromatic heterocycles. The molecule has 1 aliphatic carbocycles. The smallest absolute Gasteiger partial charge is 0.245 e. The van der Waals surface area contributed by atoms with Crippen LogP contribution >= 0.6 is 0 Å². The summed E-state index contributed by atoms with van der Waals surface area (Å²) >= 11 is 0. The number of aromatic amines is 1. The predicted octanol–water partition coefficient (Wildman–Crippen LogP) is 1.34. The molecule has 6 nitrogen and oxygen atoms in total. The fourth-order valence-corrected chi connectivity index (χ4v) is 3.86. The maximum Gasteiger partial charge on any atom is 0.245 e. The number of fused-ring (bicyclic) bond motifs is 1. The van der Waals surface area contributed by atoms with E-state index in [4.69, 9.17) is 0 Å². The molecule has 2 aliphatic rings. The van der Waals surface area contributed by atoms with E-state index < -0.39 is 11.6 Å². The third-order valence-electron chi connectivity index (χ3n) is 5.41. The van der Waals surface area contributed by atoms with Gasteiger partial charge in [-0.25, -0.2) is 4.39 Å². The molecule has 2 fully saturated rings. The van der Waals surface area contributed by atoms with E-state index in [2.05, 4.69) is 10.3 Å². The van der Waals surface area contributed by atoms with Crippen molar-refractivity contribution in [2.24, 2.45) is 5.92 Å². The number of aromatic nitrogens is 1. The Morgan fingerprint density at radius 1 is 1.42 bits per heavy atom. The number of amides is 2. The van der Waals surface area contributed by atoms with Gasteiger partial charge in [0.25, 0.3) is 0 Å². The third kappa shape index (κ3) is 3.07. The number of rotatable bonds is 5. The minimum Gasteiger partial charge on any atom is -0.386 e. The summed E-state index contributed by atoms with van der Waals surface area (Å²) in [4.78, 5) is 29.0. The van der Waals surface area contributed by atoms with Crippen LogP contribution in [0.25, 0.3) is 10.9 Å². The Kier molecular flexibility index (Phi) is 3.99. The van der Waals surface area contributed by atoms with E-state index in [1.807, 2.05) is 0 Å². The molecule has 1 atom stereocenters. The van der Waals surface area contributed by atoms with E-state index in [1.54, 1.807) is 17.2 Å². The van der Waals surface area contributed by atoms with Crippen molar-refractivity contribution in [1.29, 1.82) is 0 Å². The van der Waals surface area contributed by atoms with Gasteiger partial charge in [0, 0.05) is 30.4 Å². The number of carbonyl (C=O) groups is 2. The number of hydrogen-bond donors (Lipinski definition) is 3. The number of nitrogens with zero attached hydrogens (tertiary/aromatic N) is 1. The van der Waals surface area contributed by atoms with Crippen molar-refractivity contribution in [3.05, 3.63) is 35.8 Å². The number of likely N-dealkylation sites (tertiary alicyclic amines) is 1. The second-order valence-electron chi connectivity index (χ2n) is 7.53. The molecular weight excluding hydrogens is 337 g/mol. The van der Waals surface area contributed by atoms with Crippen molar-refractivity contribution in [3.63, 3.8) is 0 Å². The fourth-order valence-electron chi connectivity index (χ4n) is 3.86. The van der Waals surface area contributed by atoms with Crippen molar-refractivity contribution in [2.75, 3.05) is 13.1 Å².